The van der Waals surface area contributed by atoms with Crippen LogP contribution < -0.4 is 5.32 Å². The summed E-state index contributed by atoms with van der Waals surface area (Å²) >= 11 is 1.93. The molecule has 2 nitrogen and oxygen atoms in total. The minimum absolute atomic E-state index is 0.796. The summed E-state index contributed by atoms with van der Waals surface area (Å²) in [6.07, 6.45) is 1.28. The van der Waals surface area contributed by atoms with Gasteiger partial charge in [-0.15, -0.1) is 11.3 Å². The maximum Gasteiger partial charge on any atom is 0.0324 e. The quantitative estimate of drug-likeness (QED) is 0.765. The average Bonchev–Trinajstić information content (AvgIpc) is 2.71. The summed E-state index contributed by atoms with van der Waals surface area (Å²) in [6, 6.07) is 4.52. The van der Waals surface area contributed by atoms with Gasteiger partial charge in [0.05, 0.1) is 0 Å². The van der Waals surface area contributed by atoms with Crippen LogP contribution in [0.1, 0.15) is 36.9 Å². The molecule has 0 saturated heterocycles. The van der Waals surface area contributed by atoms with Crippen LogP contribution in [0.2, 0.25) is 0 Å². The third-order valence-corrected chi connectivity index (χ3v) is 3.85. The van der Waals surface area contributed by atoms with Gasteiger partial charge >= 0.3 is 0 Å². The fourth-order valence-corrected chi connectivity index (χ4v) is 2.74. The van der Waals surface area contributed by atoms with Gasteiger partial charge in [-0.2, -0.15) is 0 Å². The van der Waals surface area contributed by atoms with Crippen LogP contribution in [0, 0.1) is 5.92 Å². The van der Waals surface area contributed by atoms with Crippen molar-refractivity contribution in [2.75, 3.05) is 20.1 Å². The molecule has 0 saturated carbocycles. The van der Waals surface area contributed by atoms with Crippen molar-refractivity contribution >= 4 is 11.3 Å². The molecule has 0 aliphatic rings. The van der Waals surface area contributed by atoms with Gasteiger partial charge in [0, 0.05) is 22.8 Å². The summed E-state index contributed by atoms with van der Waals surface area (Å²) in [6.45, 7) is 11.1. The largest absolute Gasteiger partial charge is 0.312 e. The van der Waals surface area contributed by atoms with Crippen molar-refractivity contribution in [2.45, 2.75) is 40.3 Å². The van der Waals surface area contributed by atoms with Crippen molar-refractivity contribution in [3.8, 4) is 0 Å². The van der Waals surface area contributed by atoms with Gasteiger partial charge in [-0.25, -0.2) is 0 Å². The summed E-state index contributed by atoms with van der Waals surface area (Å²) in [4.78, 5) is 5.34. The first-order chi connectivity index (χ1) is 8.11. The molecule has 0 aromatic carbocycles. The molecule has 0 radical (unpaired) electrons. The molecule has 0 spiro atoms. The van der Waals surface area contributed by atoms with Crippen molar-refractivity contribution < 1.29 is 0 Å². The zero-order valence-electron chi connectivity index (χ0n) is 11.6. The monoisotopic (exact) mass is 254 g/mol. The van der Waals surface area contributed by atoms with Gasteiger partial charge in [0.2, 0.25) is 0 Å². The van der Waals surface area contributed by atoms with Crippen LogP contribution >= 0.6 is 11.3 Å². The Morgan fingerprint density at radius 1 is 1.29 bits per heavy atom. The predicted octanol–water partition coefficient (Wildman–Crippen LogP) is 3.34. The van der Waals surface area contributed by atoms with E-state index in [0.29, 0.717) is 0 Å². The van der Waals surface area contributed by atoms with E-state index in [1.165, 1.54) is 22.7 Å². The smallest absolute Gasteiger partial charge is 0.0324 e. The van der Waals surface area contributed by atoms with Crippen LogP contribution in [0.5, 0.6) is 0 Å². The molecule has 0 atom stereocenters. The van der Waals surface area contributed by atoms with Gasteiger partial charge in [0.1, 0.15) is 0 Å². The molecule has 0 aliphatic heterocycles. The van der Waals surface area contributed by atoms with Gasteiger partial charge in [-0.3, -0.25) is 0 Å². The molecule has 1 rings (SSSR count). The van der Waals surface area contributed by atoms with Crippen LogP contribution in [0.15, 0.2) is 12.1 Å². The third kappa shape index (κ3) is 6.20. The summed E-state index contributed by atoms with van der Waals surface area (Å²) < 4.78 is 0. The molecule has 0 bridgehead atoms. The third-order valence-electron chi connectivity index (χ3n) is 2.78. The van der Waals surface area contributed by atoms with E-state index >= 15 is 0 Å². The molecule has 0 aliphatic carbocycles. The molecule has 17 heavy (non-hydrogen) atoms. The standard InChI is InChI=1S/C14H26N2S/c1-5-15-10-13-6-7-14(17-13)11-16(4)9-8-12(2)3/h6-7,12,15H,5,8-11H2,1-4H3. The Hall–Kier alpha value is -0.380. The van der Waals surface area contributed by atoms with Gasteiger partial charge in [0.15, 0.2) is 0 Å². The Morgan fingerprint density at radius 3 is 2.65 bits per heavy atom. The highest BCUT2D eigenvalue weighted by molar-refractivity contribution is 7.11. The van der Waals surface area contributed by atoms with Crippen molar-refractivity contribution in [1.82, 2.24) is 10.2 Å². The Morgan fingerprint density at radius 2 is 2.00 bits per heavy atom. The van der Waals surface area contributed by atoms with E-state index in [1.54, 1.807) is 0 Å². The number of nitrogens with one attached hydrogen (secondary N) is 1. The van der Waals surface area contributed by atoms with E-state index in [0.717, 1.165) is 25.6 Å². The second-order valence-corrected chi connectivity index (χ2v) is 6.32. The minimum atomic E-state index is 0.796. The molecule has 0 amide bonds. The molecule has 0 unspecified atom stereocenters. The van der Waals surface area contributed by atoms with Crippen molar-refractivity contribution in [3.05, 3.63) is 21.9 Å². The number of hydrogen-bond acceptors (Lipinski definition) is 3. The Labute approximate surface area is 110 Å². The van der Waals surface area contributed by atoms with E-state index < -0.39 is 0 Å². The fourth-order valence-electron chi connectivity index (χ4n) is 1.67. The Kier molecular flexibility index (Phi) is 6.78. The lowest BCUT2D eigenvalue weighted by atomic mass is 10.1. The summed E-state index contributed by atoms with van der Waals surface area (Å²) in [5, 5.41) is 3.37. The van der Waals surface area contributed by atoms with Crippen molar-refractivity contribution in [2.24, 2.45) is 5.92 Å². The van der Waals surface area contributed by atoms with Crippen LogP contribution in [0.3, 0.4) is 0 Å². The molecular formula is C14H26N2S. The second-order valence-electron chi connectivity index (χ2n) is 5.07. The van der Waals surface area contributed by atoms with Crippen LogP contribution in [0.4, 0.5) is 0 Å². The number of nitrogens with zero attached hydrogens (tertiary/aromatic N) is 1. The Bertz CT molecular complexity index is 307. The lowest BCUT2D eigenvalue weighted by molar-refractivity contribution is 0.306. The highest BCUT2D eigenvalue weighted by atomic mass is 32.1. The first kappa shape index (κ1) is 14.7. The topological polar surface area (TPSA) is 15.3 Å². The highest BCUT2D eigenvalue weighted by Gasteiger charge is 2.04. The average molecular weight is 254 g/mol. The van der Waals surface area contributed by atoms with Gasteiger partial charge in [0.25, 0.3) is 0 Å². The molecule has 1 heterocycles. The molecule has 1 N–H and O–H groups in total. The normalized spacial score (nSPS) is 11.6. The molecule has 3 heteroatoms. The predicted molar refractivity (Wildman–Crippen MR) is 77.5 cm³/mol. The van der Waals surface area contributed by atoms with E-state index in [-0.39, 0.29) is 0 Å². The summed E-state index contributed by atoms with van der Waals surface area (Å²) in [7, 11) is 2.21. The zero-order chi connectivity index (χ0) is 12.7. The van der Waals surface area contributed by atoms with E-state index in [4.69, 9.17) is 0 Å². The molecule has 1 aromatic heterocycles. The maximum absolute atomic E-state index is 3.37. The molecule has 0 fully saturated rings. The molecule has 98 valence electrons. The highest BCUT2D eigenvalue weighted by Crippen LogP contribution is 2.18. The van der Waals surface area contributed by atoms with Gasteiger partial charge in [-0.1, -0.05) is 20.8 Å². The summed E-state index contributed by atoms with van der Waals surface area (Å²) in [5.74, 6) is 0.796. The van der Waals surface area contributed by atoms with E-state index in [2.05, 4.69) is 50.2 Å². The van der Waals surface area contributed by atoms with E-state index in [1.807, 2.05) is 11.3 Å². The first-order valence-electron chi connectivity index (χ1n) is 6.58. The van der Waals surface area contributed by atoms with Gasteiger partial charge < -0.3 is 10.2 Å². The fraction of sp³-hybridized carbons (Fsp3) is 0.714. The maximum atomic E-state index is 3.37. The van der Waals surface area contributed by atoms with Crippen LogP contribution in [-0.4, -0.2) is 25.0 Å². The lowest BCUT2D eigenvalue weighted by Crippen LogP contribution is -2.19. The van der Waals surface area contributed by atoms with E-state index in [9.17, 15) is 0 Å². The second kappa shape index (κ2) is 7.85. The van der Waals surface area contributed by atoms with Crippen LogP contribution in [-0.2, 0) is 13.1 Å². The number of hydrogen-bond donors (Lipinski definition) is 1. The van der Waals surface area contributed by atoms with Gasteiger partial charge in [-0.05, 0) is 44.6 Å². The SMILES string of the molecule is CCNCc1ccc(CN(C)CCC(C)C)s1. The van der Waals surface area contributed by atoms with Crippen LogP contribution in [0.25, 0.3) is 0 Å². The molecule has 1 aromatic rings. The van der Waals surface area contributed by atoms with Crippen molar-refractivity contribution in [3.63, 3.8) is 0 Å². The lowest BCUT2D eigenvalue weighted by Gasteiger charge is -2.16. The number of thiophene rings is 1. The number of rotatable bonds is 8. The zero-order valence-corrected chi connectivity index (χ0v) is 12.4. The summed E-state index contributed by atoms with van der Waals surface area (Å²) in [5.41, 5.74) is 0. The van der Waals surface area contributed by atoms with Crippen molar-refractivity contribution in [1.29, 1.82) is 0 Å². The first-order valence-corrected chi connectivity index (χ1v) is 7.40. The minimum Gasteiger partial charge on any atom is -0.312 e. The Balaban J connectivity index is 2.32. The molecular weight excluding hydrogens is 228 g/mol.